The fraction of sp³-hybridized carbons (Fsp3) is 0. The number of hydrogen-bond acceptors (Lipinski definition) is 3. The van der Waals surface area contributed by atoms with Crippen LogP contribution in [0.1, 0.15) is 0 Å². The summed E-state index contributed by atoms with van der Waals surface area (Å²) >= 11 is 0. The Labute approximate surface area is 676 Å². The van der Waals surface area contributed by atoms with Crippen LogP contribution in [0.4, 0.5) is 0 Å². The predicted octanol–water partition coefficient (Wildman–Crippen LogP) is 32.7. The minimum Gasteiger partial charge on any atom is -0.455 e. The molecule has 24 aromatic rings. The third-order valence-electron chi connectivity index (χ3n) is 23.7. The van der Waals surface area contributed by atoms with E-state index in [1.807, 2.05) is 36.4 Å². The lowest BCUT2D eigenvalue weighted by Crippen LogP contribution is -1.87. The van der Waals surface area contributed by atoms with Gasteiger partial charge in [0, 0.05) is 49.0 Å². The van der Waals surface area contributed by atoms with Crippen molar-refractivity contribution in [2.45, 2.75) is 0 Å². The molecule has 0 spiro atoms. The first kappa shape index (κ1) is 68.4. The second-order valence-electron chi connectivity index (χ2n) is 30.3. The molecule has 3 aromatic heterocycles. The SMILES string of the molecule is c1cc(-c2ccc(-c3cc4ccccc4c4ccccc34)cc2)cc(-c2cccc3c2oc2ccccc23)c1.c1ccc(-c2cccc3c2oc2ccccc23)c(-c2ccc(-c3cc4ccccc4c4ccccc34)cc2)c1.c1ccc2c(c1)cc(-c1ccc(-c3ccc(-c4cccc5c4oc4ccccc45)cc3)cc1)c1ccccc12. The molecule has 21 aromatic carbocycles. The number of fused-ring (bicyclic) bond motifs is 18. The summed E-state index contributed by atoms with van der Waals surface area (Å²) in [4.78, 5) is 0. The first-order valence-electron chi connectivity index (χ1n) is 40.1. The molecule has 3 nitrogen and oxygen atoms in total. The molecule has 0 atom stereocenters. The first-order chi connectivity index (χ1) is 58.0. The van der Waals surface area contributed by atoms with Crippen molar-refractivity contribution in [3.8, 4) is 100 Å². The maximum absolute atomic E-state index is 6.38. The van der Waals surface area contributed by atoms with E-state index in [0.29, 0.717) is 0 Å². The average molecular weight is 1490 g/mol. The Morgan fingerprint density at radius 2 is 0.350 bits per heavy atom. The number of rotatable bonds is 9. The smallest absolute Gasteiger partial charge is 0.143 e. The molecule has 0 saturated carbocycles. The van der Waals surface area contributed by atoms with Crippen LogP contribution in [0.25, 0.3) is 231 Å². The fourth-order valence-electron chi connectivity index (χ4n) is 18.0. The Balaban J connectivity index is 0.000000106. The summed E-state index contributed by atoms with van der Waals surface area (Å²) in [6.45, 7) is 0. The Morgan fingerprint density at radius 1 is 0.111 bits per heavy atom. The standard InChI is InChI=1S/3C38H24O/c1-2-12-30-29(9-1)24-36(33-14-4-3-13-32(30)33)26-21-19-25(20-22-26)27-10-7-11-28(23-27)31-16-8-17-35-34-15-5-6-18-37(34)39-38(31)35;1-2-12-29-27(10-1)24-36(32-15-6-5-13-30(29)32)26-22-20-25(21-23-26)28-11-3-4-14-31(28)34-17-9-18-35-33-16-7-8-19-37(33)39-38(34)35;1-2-9-30-29(8-1)24-36(33-11-4-3-10-32(30)33)28-22-18-26(19-23-28)25-16-20-27(21-17-25)31-13-7-14-35-34-12-5-6-15-37(34)39-38(31)35/h3*1-24H. The third kappa shape index (κ3) is 12.2. The summed E-state index contributed by atoms with van der Waals surface area (Å²) in [5.41, 5.74) is 27.1. The van der Waals surface area contributed by atoms with Gasteiger partial charge < -0.3 is 13.3 Å². The fourth-order valence-corrected chi connectivity index (χ4v) is 18.0. The van der Waals surface area contributed by atoms with Crippen molar-refractivity contribution in [2.75, 3.05) is 0 Å². The first-order valence-corrected chi connectivity index (χ1v) is 40.1. The summed E-state index contributed by atoms with van der Waals surface area (Å²) < 4.78 is 19.0. The molecule has 0 bridgehead atoms. The van der Waals surface area contributed by atoms with Crippen molar-refractivity contribution < 1.29 is 13.3 Å². The summed E-state index contributed by atoms with van der Waals surface area (Å²) in [7, 11) is 0. The van der Waals surface area contributed by atoms with Crippen molar-refractivity contribution >= 4 is 130 Å². The maximum Gasteiger partial charge on any atom is 0.143 e. The summed E-state index contributed by atoms with van der Waals surface area (Å²) in [5, 5.41) is 22.3. The van der Waals surface area contributed by atoms with Crippen LogP contribution in [0.5, 0.6) is 0 Å². The van der Waals surface area contributed by atoms with Crippen LogP contribution < -0.4 is 0 Å². The molecular formula is C114H72O3. The lowest BCUT2D eigenvalue weighted by molar-refractivity contribution is 0.669. The van der Waals surface area contributed by atoms with Gasteiger partial charge in [0.1, 0.15) is 33.5 Å². The molecular weight excluding hydrogens is 1420 g/mol. The van der Waals surface area contributed by atoms with E-state index < -0.39 is 0 Å². The lowest BCUT2D eigenvalue weighted by atomic mass is 9.90. The van der Waals surface area contributed by atoms with Gasteiger partial charge in [-0.1, -0.05) is 394 Å². The number of hydrogen-bond donors (Lipinski definition) is 0. The molecule has 3 heteroatoms. The molecule has 117 heavy (non-hydrogen) atoms. The zero-order valence-electron chi connectivity index (χ0n) is 63.8. The van der Waals surface area contributed by atoms with E-state index in [0.717, 1.165) is 93.6 Å². The molecule has 0 N–H and O–H groups in total. The Bertz CT molecular complexity index is 7970. The van der Waals surface area contributed by atoms with Crippen LogP contribution in [-0.4, -0.2) is 0 Å². The number of benzene rings is 21. The summed E-state index contributed by atoms with van der Waals surface area (Å²) in [5.74, 6) is 0. The van der Waals surface area contributed by atoms with Crippen LogP contribution in [-0.2, 0) is 0 Å². The van der Waals surface area contributed by atoms with E-state index in [-0.39, 0.29) is 0 Å². The number of para-hydroxylation sites is 6. The van der Waals surface area contributed by atoms with Gasteiger partial charge >= 0.3 is 0 Å². The molecule has 24 rings (SSSR count). The van der Waals surface area contributed by atoms with Crippen LogP contribution in [0.15, 0.2) is 450 Å². The van der Waals surface area contributed by atoms with Gasteiger partial charge in [-0.25, -0.2) is 0 Å². The van der Waals surface area contributed by atoms with E-state index in [1.165, 1.54) is 137 Å². The topological polar surface area (TPSA) is 39.4 Å². The molecule has 0 aliphatic heterocycles. The van der Waals surface area contributed by atoms with Crippen molar-refractivity contribution in [1.82, 2.24) is 0 Å². The third-order valence-corrected chi connectivity index (χ3v) is 23.7. The second-order valence-corrected chi connectivity index (χ2v) is 30.3. The van der Waals surface area contributed by atoms with Crippen molar-refractivity contribution in [3.63, 3.8) is 0 Å². The zero-order chi connectivity index (χ0) is 77.3. The van der Waals surface area contributed by atoms with Gasteiger partial charge in [-0.15, -0.1) is 0 Å². The molecule has 3 heterocycles. The van der Waals surface area contributed by atoms with Crippen molar-refractivity contribution in [2.24, 2.45) is 0 Å². The predicted molar refractivity (Wildman–Crippen MR) is 495 cm³/mol. The normalized spacial score (nSPS) is 11.6. The van der Waals surface area contributed by atoms with E-state index in [1.54, 1.807) is 0 Å². The molecule has 546 valence electrons. The maximum atomic E-state index is 6.38. The van der Waals surface area contributed by atoms with Crippen LogP contribution in [0.3, 0.4) is 0 Å². The minimum absolute atomic E-state index is 0.921. The Hall–Kier alpha value is -15.4. The van der Waals surface area contributed by atoms with Gasteiger partial charge in [-0.3, -0.25) is 0 Å². The monoisotopic (exact) mass is 1490 g/mol. The largest absolute Gasteiger partial charge is 0.455 e. The van der Waals surface area contributed by atoms with Gasteiger partial charge in [-0.05, 0) is 191 Å². The molecule has 0 aliphatic rings. The molecule has 0 radical (unpaired) electrons. The highest BCUT2D eigenvalue weighted by molar-refractivity contribution is 6.18. The quantitative estimate of drug-likeness (QED) is 0.135. The van der Waals surface area contributed by atoms with E-state index in [9.17, 15) is 0 Å². The van der Waals surface area contributed by atoms with Gasteiger partial charge in [0.2, 0.25) is 0 Å². The van der Waals surface area contributed by atoms with Gasteiger partial charge in [-0.2, -0.15) is 0 Å². The highest BCUT2D eigenvalue weighted by atomic mass is 16.3. The highest BCUT2D eigenvalue weighted by Gasteiger charge is 2.20. The molecule has 0 saturated heterocycles. The molecule has 0 amide bonds. The average Bonchev–Trinajstić information content (AvgIpc) is 1.75. The number of furan rings is 3. The molecule has 0 fully saturated rings. The van der Waals surface area contributed by atoms with E-state index >= 15 is 0 Å². The molecule has 0 unspecified atom stereocenters. The lowest BCUT2D eigenvalue weighted by Gasteiger charge is -2.13. The van der Waals surface area contributed by atoms with E-state index in [4.69, 9.17) is 13.3 Å². The Kier molecular flexibility index (Phi) is 16.9. The zero-order valence-corrected chi connectivity index (χ0v) is 63.8. The summed E-state index contributed by atoms with van der Waals surface area (Å²) in [6, 6.07) is 156. The Morgan fingerprint density at radius 3 is 0.744 bits per heavy atom. The molecule has 0 aliphatic carbocycles. The van der Waals surface area contributed by atoms with E-state index in [2.05, 4.69) is 400 Å². The van der Waals surface area contributed by atoms with Crippen LogP contribution >= 0.6 is 0 Å². The van der Waals surface area contributed by atoms with Crippen molar-refractivity contribution in [3.05, 3.63) is 437 Å². The van der Waals surface area contributed by atoms with Crippen LogP contribution in [0, 0.1) is 0 Å². The van der Waals surface area contributed by atoms with Crippen LogP contribution in [0.2, 0.25) is 0 Å². The minimum atomic E-state index is 0.921. The van der Waals surface area contributed by atoms with Gasteiger partial charge in [0.15, 0.2) is 0 Å². The van der Waals surface area contributed by atoms with Gasteiger partial charge in [0.05, 0.1) is 0 Å². The second kappa shape index (κ2) is 29.0. The highest BCUT2D eigenvalue weighted by Crippen LogP contribution is 2.45. The van der Waals surface area contributed by atoms with Crippen molar-refractivity contribution in [1.29, 1.82) is 0 Å². The summed E-state index contributed by atoms with van der Waals surface area (Å²) in [6.07, 6.45) is 0. The van der Waals surface area contributed by atoms with Gasteiger partial charge in [0.25, 0.3) is 0 Å².